The molecule has 0 spiro atoms. The smallest absolute Gasteiger partial charge is 0.306 e. The van der Waals surface area contributed by atoms with Crippen LogP contribution in [0.1, 0.15) is 45.1 Å². The molecule has 192 valence electrons. The lowest BCUT2D eigenvalue weighted by Crippen LogP contribution is -2.32. The number of ether oxygens (including phenoxy) is 2. The SMILES string of the molecule is CCOC(=O)CCC(=O)N(CCCC(C)Nc1cc(OC)cc2cccnc12)Cc1ccc(Cl)cc1. The van der Waals surface area contributed by atoms with E-state index in [9.17, 15) is 9.59 Å². The number of esters is 1. The molecule has 1 N–H and O–H groups in total. The number of fused-ring (bicyclic) bond motifs is 1. The first kappa shape index (κ1) is 27.3. The maximum Gasteiger partial charge on any atom is 0.306 e. The molecule has 1 heterocycles. The number of methoxy groups -OCH3 is 1. The van der Waals surface area contributed by atoms with E-state index < -0.39 is 0 Å². The number of aromatic nitrogens is 1. The number of pyridine rings is 1. The van der Waals surface area contributed by atoms with Crippen LogP contribution in [-0.2, 0) is 20.9 Å². The van der Waals surface area contributed by atoms with Gasteiger partial charge < -0.3 is 19.7 Å². The molecule has 0 saturated heterocycles. The molecule has 7 nitrogen and oxygen atoms in total. The van der Waals surface area contributed by atoms with Crippen molar-refractivity contribution in [1.29, 1.82) is 0 Å². The molecule has 0 fully saturated rings. The highest BCUT2D eigenvalue weighted by atomic mass is 35.5. The fourth-order valence-corrected chi connectivity index (χ4v) is 4.15. The first-order valence-electron chi connectivity index (χ1n) is 12.3. The summed E-state index contributed by atoms with van der Waals surface area (Å²) in [6.45, 7) is 5.22. The van der Waals surface area contributed by atoms with Gasteiger partial charge in [0.15, 0.2) is 0 Å². The maximum atomic E-state index is 13.0. The Labute approximate surface area is 217 Å². The Morgan fingerprint density at radius 3 is 2.64 bits per heavy atom. The summed E-state index contributed by atoms with van der Waals surface area (Å²) in [7, 11) is 1.65. The zero-order valence-corrected chi connectivity index (χ0v) is 21.9. The van der Waals surface area contributed by atoms with Crippen LogP contribution in [0.5, 0.6) is 5.75 Å². The topological polar surface area (TPSA) is 80.8 Å². The Bertz CT molecular complexity index is 1150. The molecule has 2 aromatic carbocycles. The summed E-state index contributed by atoms with van der Waals surface area (Å²) in [6, 6.07) is 15.5. The largest absolute Gasteiger partial charge is 0.497 e. The average molecular weight is 512 g/mol. The molecule has 3 rings (SSSR count). The lowest BCUT2D eigenvalue weighted by atomic mass is 10.1. The van der Waals surface area contributed by atoms with E-state index in [-0.39, 0.29) is 30.8 Å². The molecule has 0 aliphatic heterocycles. The third-order valence-corrected chi connectivity index (χ3v) is 6.12. The van der Waals surface area contributed by atoms with Crippen molar-refractivity contribution >= 4 is 40.1 Å². The Morgan fingerprint density at radius 1 is 1.14 bits per heavy atom. The second-order valence-electron chi connectivity index (χ2n) is 8.68. The van der Waals surface area contributed by atoms with Crippen molar-refractivity contribution in [2.75, 3.05) is 25.6 Å². The molecule has 0 radical (unpaired) electrons. The van der Waals surface area contributed by atoms with Gasteiger partial charge in [-0.2, -0.15) is 0 Å². The van der Waals surface area contributed by atoms with Gasteiger partial charge in [-0.25, -0.2) is 0 Å². The number of hydrogen-bond donors (Lipinski definition) is 1. The highest BCUT2D eigenvalue weighted by Gasteiger charge is 2.17. The molecule has 8 heteroatoms. The molecule has 1 amide bonds. The minimum atomic E-state index is -0.353. The van der Waals surface area contributed by atoms with Gasteiger partial charge in [-0.3, -0.25) is 14.6 Å². The highest BCUT2D eigenvalue weighted by Crippen LogP contribution is 2.28. The molecule has 1 atom stereocenters. The van der Waals surface area contributed by atoms with Gasteiger partial charge in [0.1, 0.15) is 5.75 Å². The van der Waals surface area contributed by atoms with E-state index in [0.717, 1.165) is 40.7 Å². The van der Waals surface area contributed by atoms with Crippen LogP contribution in [0.25, 0.3) is 10.9 Å². The summed E-state index contributed by atoms with van der Waals surface area (Å²) in [5.74, 6) is 0.349. The predicted molar refractivity (Wildman–Crippen MR) is 143 cm³/mol. The Morgan fingerprint density at radius 2 is 1.92 bits per heavy atom. The van der Waals surface area contributed by atoms with Crippen molar-refractivity contribution in [3.8, 4) is 5.75 Å². The minimum Gasteiger partial charge on any atom is -0.497 e. The molecule has 3 aromatic rings. The zero-order valence-electron chi connectivity index (χ0n) is 21.1. The Hall–Kier alpha value is -3.32. The summed E-state index contributed by atoms with van der Waals surface area (Å²) in [6.07, 6.45) is 3.62. The fraction of sp³-hybridized carbons (Fsp3) is 0.393. The van der Waals surface area contributed by atoms with Crippen molar-refractivity contribution < 1.29 is 19.1 Å². The fourth-order valence-electron chi connectivity index (χ4n) is 4.02. The number of benzene rings is 2. The minimum absolute atomic E-state index is 0.0680. The second kappa shape index (κ2) is 13.7. The van der Waals surface area contributed by atoms with Crippen LogP contribution in [0, 0.1) is 0 Å². The molecule has 0 saturated carbocycles. The molecular weight excluding hydrogens is 478 g/mol. The highest BCUT2D eigenvalue weighted by molar-refractivity contribution is 6.30. The van der Waals surface area contributed by atoms with Crippen LogP contribution < -0.4 is 10.1 Å². The molecule has 36 heavy (non-hydrogen) atoms. The van der Waals surface area contributed by atoms with E-state index in [4.69, 9.17) is 21.1 Å². The van der Waals surface area contributed by atoms with Crippen LogP contribution >= 0.6 is 11.6 Å². The van der Waals surface area contributed by atoms with Gasteiger partial charge in [0.2, 0.25) is 5.91 Å². The van der Waals surface area contributed by atoms with Gasteiger partial charge in [-0.15, -0.1) is 0 Å². The maximum absolute atomic E-state index is 13.0. The number of hydrogen-bond acceptors (Lipinski definition) is 6. The van der Waals surface area contributed by atoms with Gasteiger partial charge >= 0.3 is 5.97 Å². The van der Waals surface area contributed by atoms with Crippen molar-refractivity contribution in [3.05, 3.63) is 65.3 Å². The van der Waals surface area contributed by atoms with Crippen LogP contribution in [0.4, 0.5) is 5.69 Å². The van der Waals surface area contributed by atoms with E-state index in [1.807, 2.05) is 48.5 Å². The summed E-state index contributed by atoms with van der Waals surface area (Å²) in [5, 5.41) is 5.21. The number of amides is 1. The number of nitrogens with zero attached hydrogens (tertiary/aromatic N) is 2. The normalized spacial score (nSPS) is 11.7. The third-order valence-electron chi connectivity index (χ3n) is 5.87. The quantitative estimate of drug-likeness (QED) is 0.290. The number of nitrogens with one attached hydrogen (secondary N) is 1. The van der Waals surface area contributed by atoms with E-state index >= 15 is 0 Å². The van der Waals surface area contributed by atoms with Gasteiger partial charge in [-0.1, -0.05) is 29.8 Å². The first-order chi connectivity index (χ1) is 17.4. The number of anilines is 1. The van der Waals surface area contributed by atoms with Gasteiger partial charge in [0.05, 0.1) is 31.3 Å². The van der Waals surface area contributed by atoms with Crippen molar-refractivity contribution in [3.63, 3.8) is 0 Å². The number of rotatable bonds is 13. The molecule has 1 unspecified atom stereocenters. The van der Waals surface area contributed by atoms with Crippen molar-refractivity contribution in [2.24, 2.45) is 0 Å². The summed E-state index contributed by atoms with van der Waals surface area (Å²) >= 11 is 6.01. The Kier molecular flexibility index (Phi) is 10.4. The molecule has 1 aromatic heterocycles. The van der Waals surface area contributed by atoms with Crippen LogP contribution in [0.3, 0.4) is 0 Å². The molecule has 0 aliphatic rings. The number of halogens is 1. The predicted octanol–water partition coefficient (Wildman–Crippen LogP) is 5.85. The summed E-state index contributed by atoms with van der Waals surface area (Å²) in [4.78, 5) is 31.0. The second-order valence-corrected chi connectivity index (χ2v) is 9.12. The Balaban J connectivity index is 1.61. The standard InChI is InChI=1S/C28H34ClN3O4/c1-4-36-27(34)14-13-26(33)32(19-21-9-11-23(29)12-10-21)16-6-7-20(2)31-25-18-24(35-3)17-22-8-5-15-30-28(22)25/h5,8-12,15,17-18,20,31H,4,6-7,13-14,16,19H2,1-3H3. The summed E-state index contributed by atoms with van der Waals surface area (Å²) in [5.41, 5.74) is 2.80. The molecule has 0 bridgehead atoms. The van der Waals surface area contributed by atoms with E-state index in [1.54, 1.807) is 25.1 Å². The molecular formula is C28H34ClN3O4. The van der Waals surface area contributed by atoms with Gasteiger partial charge in [0, 0.05) is 48.2 Å². The van der Waals surface area contributed by atoms with Crippen molar-refractivity contribution in [2.45, 2.75) is 52.1 Å². The van der Waals surface area contributed by atoms with Crippen LogP contribution in [0.15, 0.2) is 54.7 Å². The van der Waals surface area contributed by atoms with Gasteiger partial charge in [-0.05, 0) is 56.5 Å². The zero-order chi connectivity index (χ0) is 25.9. The lowest BCUT2D eigenvalue weighted by molar-refractivity contribution is -0.145. The number of carbonyl (C=O) groups excluding carboxylic acids is 2. The summed E-state index contributed by atoms with van der Waals surface area (Å²) < 4.78 is 10.4. The lowest BCUT2D eigenvalue weighted by Gasteiger charge is -2.24. The van der Waals surface area contributed by atoms with E-state index in [1.165, 1.54) is 0 Å². The van der Waals surface area contributed by atoms with Crippen LogP contribution in [-0.4, -0.2) is 48.1 Å². The van der Waals surface area contributed by atoms with Gasteiger partial charge in [0.25, 0.3) is 0 Å². The first-order valence-corrected chi connectivity index (χ1v) is 12.6. The monoisotopic (exact) mass is 511 g/mol. The van der Waals surface area contributed by atoms with Crippen molar-refractivity contribution in [1.82, 2.24) is 9.88 Å². The van der Waals surface area contributed by atoms with E-state index in [2.05, 4.69) is 17.2 Å². The average Bonchev–Trinajstić information content (AvgIpc) is 2.88. The molecule has 0 aliphatic carbocycles. The van der Waals surface area contributed by atoms with E-state index in [0.29, 0.717) is 24.7 Å². The number of carbonyl (C=O) groups is 2. The third kappa shape index (κ3) is 8.12. The van der Waals surface area contributed by atoms with Crippen LogP contribution in [0.2, 0.25) is 5.02 Å².